The van der Waals surface area contributed by atoms with Gasteiger partial charge in [0.1, 0.15) is 24.8 Å². The summed E-state index contributed by atoms with van der Waals surface area (Å²) in [6.45, 7) is 0.762. The number of nitriles is 1. The minimum atomic E-state index is -0.564. The lowest BCUT2D eigenvalue weighted by atomic mass is 10.1. The van der Waals surface area contributed by atoms with Crippen LogP contribution in [0.15, 0.2) is 65.3 Å². The van der Waals surface area contributed by atoms with E-state index in [0.717, 1.165) is 0 Å². The molecule has 0 fully saturated rings. The first-order valence-corrected chi connectivity index (χ1v) is 12.4. The van der Waals surface area contributed by atoms with Crippen LogP contribution in [0, 0.1) is 33.8 Å². The van der Waals surface area contributed by atoms with Gasteiger partial charge in [0, 0.05) is 22.3 Å². The molecule has 0 saturated carbocycles. The average molecular weight is 556 g/mol. The van der Waals surface area contributed by atoms with E-state index in [1.165, 1.54) is 12.4 Å². The van der Waals surface area contributed by atoms with E-state index >= 15 is 0 Å². The number of hydrogen-bond donors (Lipinski definition) is 1. The number of anilines is 2. The smallest absolute Gasteiger partial charge is 0.358 e. The molecule has 1 aliphatic rings. The van der Waals surface area contributed by atoms with Gasteiger partial charge in [-0.05, 0) is 46.3 Å². The van der Waals surface area contributed by atoms with Crippen molar-refractivity contribution in [3.05, 3.63) is 86.7 Å². The van der Waals surface area contributed by atoms with Crippen LogP contribution in [0.2, 0.25) is 5.02 Å². The molecule has 3 heterocycles. The minimum absolute atomic E-state index is 0.0619. The summed E-state index contributed by atoms with van der Waals surface area (Å²) in [6, 6.07) is 8.87. The fourth-order valence-corrected chi connectivity index (χ4v) is 4.40. The van der Waals surface area contributed by atoms with E-state index in [-0.39, 0.29) is 30.2 Å². The Kier molecular flexibility index (Phi) is 8.29. The van der Waals surface area contributed by atoms with E-state index in [0.29, 0.717) is 61.8 Å². The van der Waals surface area contributed by atoms with Crippen LogP contribution in [0.3, 0.4) is 0 Å². The van der Waals surface area contributed by atoms with Crippen molar-refractivity contribution in [2.75, 3.05) is 32.5 Å². The van der Waals surface area contributed by atoms with Gasteiger partial charge in [-0.2, -0.15) is 5.26 Å². The maximum absolute atomic E-state index is 12.7. The maximum atomic E-state index is 12.7. The van der Waals surface area contributed by atoms with Crippen LogP contribution in [0.5, 0.6) is 0 Å². The van der Waals surface area contributed by atoms with Crippen LogP contribution in [-0.4, -0.2) is 63.0 Å². The molecule has 2 aromatic heterocycles. The monoisotopic (exact) mass is 555 g/mol. The second kappa shape index (κ2) is 11.8. The highest BCUT2D eigenvalue weighted by molar-refractivity contribution is 6.31. The van der Waals surface area contributed by atoms with Crippen LogP contribution in [0.25, 0.3) is 10.9 Å². The van der Waals surface area contributed by atoms with Gasteiger partial charge in [0.15, 0.2) is 5.78 Å². The van der Waals surface area contributed by atoms with Crippen molar-refractivity contribution in [1.82, 2.24) is 15.0 Å². The fraction of sp³-hybridized carbons (Fsp3) is 0.214. The number of benzene rings is 1. The van der Waals surface area contributed by atoms with Gasteiger partial charge in [-0.15, -0.1) is 6.42 Å². The number of aliphatic imine (C=N–C) groups is 1. The Morgan fingerprint density at radius 3 is 2.83 bits per heavy atom. The third-order valence-electron chi connectivity index (χ3n) is 6.08. The SMILES string of the molecule is C#Cc1cc(Nc2ncnc3cnc(CC(=O)/C=C/C[N+](C)(C)CC4=C([N+](=O)[O-])N=C(C#N)C4)cc23)ccc1Cl. The number of fused-ring (bicyclic) bond motifs is 1. The molecule has 0 radical (unpaired) electrons. The lowest BCUT2D eigenvalue weighted by Crippen LogP contribution is -2.41. The number of aromatic nitrogens is 3. The van der Waals surface area contributed by atoms with Crippen molar-refractivity contribution in [2.45, 2.75) is 12.8 Å². The summed E-state index contributed by atoms with van der Waals surface area (Å²) in [5.41, 5.74) is 3.02. The number of terminal acetylenes is 1. The molecule has 0 atom stereocenters. The molecule has 1 aliphatic heterocycles. The molecule has 4 rings (SSSR count). The Balaban J connectivity index is 1.43. The molecular weight excluding hydrogens is 532 g/mol. The summed E-state index contributed by atoms with van der Waals surface area (Å²) in [6.07, 6.45) is 12.0. The standard InChI is InChI=1S/C28H24ClN8O3/c1-4-18-10-20(7-8-25(18)29)34-27-24-13-21(31-15-26(24)32-17-33-27)12-23(38)6-5-9-37(2,3)16-19-11-22(14-30)35-28(19)36(39)40/h1,5-8,10,13,15,17H,9,11-12,16H2,2-3H3,(H,32,33,34)/q+1/b6-5+. The molecule has 40 heavy (non-hydrogen) atoms. The molecule has 0 spiro atoms. The first-order valence-electron chi connectivity index (χ1n) is 12.1. The summed E-state index contributed by atoms with van der Waals surface area (Å²) < 4.78 is 0.345. The molecule has 0 bridgehead atoms. The van der Waals surface area contributed by atoms with Crippen LogP contribution in [0.4, 0.5) is 11.5 Å². The molecule has 11 nitrogen and oxygen atoms in total. The Morgan fingerprint density at radius 2 is 2.10 bits per heavy atom. The van der Waals surface area contributed by atoms with Crippen molar-refractivity contribution in [2.24, 2.45) is 4.99 Å². The molecule has 0 saturated heterocycles. The predicted molar refractivity (Wildman–Crippen MR) is 151 cm³/mol. The number of nitrogens with zero attached hydrogens (tertiary/aromatic N) is 7. The zero-order valence-electron chi connectivity index (χ0n) is 21.8. The molecule has 0 unspecified atom stereocenters. The van der Waals surface area contributed by atoms with Crippen molar-refractivity contribution >= 4 is 45.5 Å². The summed E-state index contributed by atoms with van der Waals surface area (Å²) in [5.74, 6) is 2.64. The van der Waals surface area contributed by atoms with E-state index in [2.05, 4.69) is 31.2 Å². The van der Waals surface area contributed by atoms with Crippen LogP contribution in [0.1, 0.15) is 17.7 Å². The van der Waals surface area contributed by atoms with Gasteiger partial charge in [-0.3, -0.25) is 9.78 Å². The van der Waals surface area contributed by atoms with Crippen molar-refractivity contribution < 1.29 is 14.2 Å². The Labute approximate surface area is 235 Å². The Hall–Kier alpha value is -4.97. The molecule has 1 aromatic carbocycles. The highest BCUT2D eigenvalue weighted by Gasteiger charge is 2.33. The summed E-state index contributed by atoms with van der Waals surface area (Å²) in [7, 11) is 3.77. The number of halogens is 1. The van der Waals surface area contributed by atoms with Gasteiger partial charge in [-0.1, -0.05) is 17.5 Å². The third kappa shape index (κ3) is 6.72. The largest absolute Gasteiger partial charge is 0.369 e. The molecule has 0 amide bonds. The van der Waals surface area contributed by atoms with Gasteiger partial charge >= 0.3 is 5.82 Å². The van der Waals surface area contributed by atoms with Crippen molar-refractivity contribution in [3.8, 4) is 18.4 Å². The maximum Gasteiger partial charge on any atom is 0.369 e. The average Bonchev–Trinajstić information content (AvgIpc) is 3.32. The van der Waals surface area contributed by atoms with E-state index in [9.17, 15) is 14.9 Å². The zero-order valence-corrected chi connectivity index (χ0v) is 22.5. The van der Waals surface area contributed by atoms with Crippen LogP contribution in [-0.2, 0) is 11.2 Å². The zero-order chi connectivity index (χ0) is 28.9. The topological polar surface area (TPSA) is 147 Å². The van der Waals surface area contributed by atoms with E-state index < -0.39 is 4.92 Å². The second-order valence-corrected chi connectivity index (χ2v) is 10.1. The number of ketones is 1. The molecule has 12 heteroatoms. The highest BCUT2D eigenvalue weighted by Crippen LogP contribution is 2.26. The van der Waals surface area contributed by atoms with Gasteiger partial charge in [-0.25, -0.2) is 9.97 Å². The number of pyridine rings is 1. The number of quaternary nitrogens is 1. The number of hydrogen-bond acceptors (Lipinski definition) is 9. The molecule has 200 valence electrons. The van der Waals surface area contributed by atoms with Crippen molar-refractivity contribution in [3.63, 3.8) is 0 Å². The first-order chi connectivity index (χ1) is 19.1. The number of nitro groups is 1. The lowest BCUT2D eigenvalue weighted by molar-refractivity contribution is -0.880. The van der Waals surface area contributed by atoms with Gasteiger partial charge in [0.05, 0.1) is 55.8 Å². The molecule has 1 N–H and O–H groups in total. The van der Waals surface area contributed by atoms with E-state index in [4.69, 9.17) is 23.3 Å². The molecule has 0 aliphatic carbocycles. The first kappa shape index (κ1) is 28.0. The van der Waals surface area contributed by atoms with Gasteiger partial charge in [0.25, 0.3) is 0 Å². The lowest BCUT2D eigenvalue weighted by Gasteiger charge is -2.28. The van der Waals surface area contributed by atoms with Crippen LogP contribution >= 0.6 is 11.6 Å². The number of allylic oxidation sites excluding steroid dienone is 1. The van der Waals surface area contributed by atoms with Gasteiger partial charge in [0.2, 0.25) is 5.71 Å². The third-order valence-corrected chi connectivity index (χ3v) is 6.41. The minimum Gasteiger partial charge on any atom is -0.358 e. The Morgan fingerprint density at radius 1 is 1.30 bits per heavy atom. The number of carbonyl (C=O) groups is 1. The highest BCUT2D eigenvalue weighted by atomic mass is 35.5. The number of likely N-dealkylation sites (N-methyl/N-ethyl adjacent to an activating group) is 1. The summed E-state index contributed by atoms with van der Waals surface area (Å²) in [4.78, 5) is 40.2. The number of rotatable bonds is 10. The summed E-state index contributed by atoms with van der Waals surface area (Å²) in [5, 5.41) is 24.7. The van der Waals surface area contributed by atoms with Crippen molar-refractivity contribution in [1.29, 1.82) is 5.26 Å². The quantitative estimate of drug-likeness (QED) is 0.130. The Bertz CT molecular complexity index is 1700. The van der Waals surface area contributed by atoms with E-state index in [1.54, 1.807) is 36.5 Å². The normalized spacial score (nSPS) is 13.3. The molecule has 3 aromatic rings. The van der Waals surface area contributed by atoms with Crippen LogP contribution < -0.4 is 5.32 Å². The summed E-state index contributed by atoms with van der Waals surface area (Å²) >= 11 is 6.11. The molecular formula is C28H24ClN8O3+. The van der Waals surface area contributed by atoms with Gasteiger partial charge < -0.3 is 19.9 Å². The predicted octanol–water partition coefficient (Wildman–Crippen LogP) is 4.00. The number of carbonyl (C=O) groups excluding carboxylic acids is 1. The van der Waals surface area contributed by atoms with E-state index in [1.807, 2.05) is 20.2 Å². The fourth-order valence-electron chi connectivity index (χ4n) is 4.23. The second-order valence-electron chi connectivity index (χ2n) is 9.73. The number of nitrogens with one attached hydrogen (secondary N) is 1.